The van der Waals surface area contributed by atoms with Crippen molar-refractivity contribution in [2.45, 2.75) is 18.2 Å². The normalized spacial score (nSPS) is 11.0. The van der Waals surface area contributed by atoms with Crippen LogP contribution in [0.3, 0.4) is 0 Å². The predicted octanol–water partition coefficient (Wildman–Crippen LogP) is 4.00. The third kappa shape index (κ3) is 6.64. The Labute approximate surface area is 192 Å². The van der Waals surface area contributed by atoms with E-state index < -0.39 is 10.0 Å². The van der Waals surface area contributed by atoms with Crippen molar-refractivity contribution in [3.8, 4) is 17.2 Å². The van der Waals surface area contributed by atoms with Crippen molar-refractivity contribution in [3.63, 3.8) is 0 Å². The molecule has 172 valence electrons. The summed E-state index contributed by atoms with van der Waals surface area (Å²) in [6.45, 7) is 1.33. The summed E-state index contributed by atoms with van der Waals surface area (Å²) in [6.07, 6.45) is -0.0514. The number of amides is 1. The largest absolute Gasteiger partial charge is 0.493 e. The minimum atomic E-state index is -3.78. The van der Waals surface area contributed by atoms with E-state index in [0.29, 0.717) is 28.5 Å². The maximum absolute atomic E-state index is 12.3. The van der Waals surface area contributed by atoms with E-state index in [-0.39, 0.29) is 29.6 Å². The maximum Gasteiger partial charge on any atom is 0.240 e. The molecule has 0 bridgehead atoms. The van der Waals surface area contributed by atoms with Crippen molar-refractivity contribution >= 4 is 27.4 Å². The van der Waals surface area contributed by atoms with Crippen molar-refractivity contribution in [2.75, 3.05) is 19.0 Å². The first kappa shape index (κ1) is 24.0. The standard InChI is InChI=1S/C24H24N2O6S/c1-17(27)18-7-13-21(14-8-18)33(29,30)25-16-15-24(28)26-19-9-11-20(12-10-19)32-23-6-4-3-5-22(23)31-2/h3-14,25H,15-16H2,1-2H3,(H,26,28). The highest BCUT2D eigenvalue weighted by Crippen LogP contribution is 2.31. The topological polar surface area (TPSA) is 111 Å². The van der Waals surface area contributed by atoms with E-state index in [1.807, 2.05) is 12.1 Å². The molecule has 0 radical (unpaired) electrons. The summed E-state index contributed by atoms with van der Waals surface area (Å²) in [5, 5.41) is 2.71. The van der Waals surface area contributed by atoms with Crippen LogP contribution in [0.2, 0.25) is 0 Å². The van der Waals surface area contributed by atoms with Crippen LogP contribution in [0.15, 0.2) is 77.7 Å². The number of rotatable bonds is 10. The predicted molar refractivity (Wildman–Crippen MR) is 124 cm³/mol. The first-order valence-corrected chi connectivity index (χ1v) is 11.6. The second-order valence-electron chi connectivity index (χ2n) is 7.05. The molecule has 0 fully saturated rings. The number of para-hydroxylation sites is 2. The number of benzene rings is 3. The smallest absolute Gasteiger partial charge is 0.240 e. The molecule has 0 spiro atoms. The number of carbonyl (C=O) groups excluding carboxylic acids is 2. The number of hydrogen-bond donors (Lipinski definition) is 2. The van der Waals surface area contributed by atoms with E-state index >= 15 is 0 Å². The number of ketones is 1. The van der Waals surface area contributed by atoms with E-state index in [1.54, 1.807) is 43.5 Å². The van der Waals surface area contributed by atoms with E-state index in [1.165, 1.54) is 31.2 Å². The molecule has 0 saturated heterocycles. The van der Waals surface area contributed by atoms with Crippen molar-refractivity contribution in [1.29, 1.82) is 0 Å². The SMILES string of the molecule is COc1ccccc1Oc1ccc(NC(=O)CCNS(=O)(=O)c2ccc(C(C)=O)cc2)cc1. The average Bonchev–Trinajstić information content (AvgIpc) is 2.80. The van der Waals surface area contributed by atoms with E-state index in [2.05, 4.69) is 10.0 Å². The number of methoxy groups -OCH3 is 1. The number of nitrogens with one attached hydrogen (secondary N) is 2. The Bertz CT molecular complexity index is 1220. The van der Waals surface area contributed by atoms with Crippen LogP contribution in [0, 0.1) is 0 Å². The molecule has 0 saturated carbocycles. The van der Waals surface area contributed by atoms with Crippen LogP contribution >= 0.6 is 0 Å². The van der Waals surface area contributed by atoms with Gasteiger partial charge in [-0.3, -0.25) is 9.59 Å². The van der Waals surface area contributed by atoms with Crippen LogP contribution in [0.1, 0.15) is 23.7 Å². The molecule has 0 unspecified atom stereocenters. The van der Waals surface area contributed by atoms with Gasteiger partial charge in [0.2, 0.25) is 15.9 Å². The lowest BCUT2D eigenvalue weighted by molar-refractivity contribution is -0.116. The summed E-state index contributed by atoms with van der Waals surface area (Å²) < 4.78 is 38.1. The summed E-state index contributed by atoms with van der Waals surface area (Å²) >= 11 is 0. The quantitative estimate of drug-likeness (QED) is 0.435. The molecule has 33 heavy (non-hydrogen) atoms. The van der Waals surface area contributed by atoms with Crippen molar-refractivity contribution in [3.05, 3.63) is 78.4 Å². The van der Waals surface area contributed by atoms with Crippen LogP contribution in [-0.4, -0.2) is 33.8 Å². The van der Waals surface area contributed by atoms with Gasteiger partial charge in [0.25, 0.3) is 0 Å². The lowest BCUT2D eigenvalue weighted by atomic mass is 10.2. The van der Waals surface area contributed by atoms with Crippen LogP contribution in [-0.2, 0) is 14.8 Å². The molecule has 3 aromatic carbocycles. The number of sulfonamides is 1. The molecule has 1 amide bonds. The molecular weight excluding hydrogens is 444 g/mol. The molecule has 0 aliphatic heterocycles. The second-order valence-corrected chi connectivity index (χ2v) is 8.82. The first-order valence-electron chi connectivity index (χ1n) is 10.1. The number of hydrogen-bond acceptors (Lipinski definition) is 6. The molecule has 0 aliphatic rings. The number of ether oxygens (including phenoxy) is 2. The molecule has 3 aromatic rings. The molecule has 0 heterocycles. The van der Waals surface area contributed by atoms with Gasteiger partial charge in [-0.05, 0) is 55.5 Å². The summed E-state index contributed by atoms with van der Waals surface area (Å²) in [5.41, 5.74) is 0.975. The third-order valence-corrected chi connectivity index (χ3v) is 6.13. The van der Waals surface area contributed by atoms with Crippen molar-refractivity contribution < 1.29 is 27.5 Å². The van der Waals surface area contributed by atoms with Gasteiger partial charge in [0.15, 0.2) is 17.3 Å². The fourth-order valence-corrected chi connectivity index (χ4v) is 3.94. The Balaban J connectivity index is 1.50. The third-order valence-electron chi connectivity index (χ3n) is 4.65. The van der Waals surface area contributed by atoms with Gasteiger partial charge < -0.3 is 14.8 Å². The molecule has 8 nitrogen and oxygen atoms in total. The fraction of sp³-hybridized carbons (Fsp3) is 0.167. The zero-order chi connectivity index (χ0) is 23.8. The molecule has 0 aromatic heterocycles. The molecular formula is C24H24N2O6S. The number of carbonyl (C=O) groups is 2. The van der Waals surface area contributed by atoms with Gasteiger partial charge in [-0.2, -0.15) is 0 Å². The van der Waals surface area contributed by atoms with Gasteiger partial charge in [0.05, 0.1) is 12.0 Å². The molecule has 2 N–H and O–H groups in total. The van der Waals surface area contributed by atoms with Crippen LogP contribution < -0.4 is 19.5 Å². The Morgan fingerprint density at radius 1 is 0.879 bits per heavy atom. The summed E-state index contributed by atoms with van der Waals surface area (Å²) in [6, 6.07) is 19.6. The second kappa shape index (κ2) is 10.8. The van der Waals surface area contributed by atoms with Gasteiger partial charge >= 0.3 is 0 Å². The molecule has 3 rings (SSSR count). The van der Waals surface area contributed by atoms with E-state index in [9.17, 15) is 18.0 Å². The highest BCUT2D eigenvalue weighted by atomic mass is 32.2. The number of Topliss-reactive ketones (excluding diaryl/α,β-unsaturated/α-hetero) is 1. The maximum atomic E-state index is 12.3. The van der Waals surface area contributed by atoms with E-state index in [4.69, 9.17) is 9.47 Å². The Morgan fingerprint density at radius 3 is 2.12 bits per heavy atom. The van der Waals surface area contributed by atoms with Crippen molar-refractivity contribution in [1.82, 2.24) is 4.72 Å². The van der Waals surface area contributed by atoms with Crippen molar-refractivity contribution in [2.24, 2.45) is 0 Å². The lowest BCUT2D eigenvalue weighted by Crippen LogP contribution is -2.27. The zero-order valence-electron chi connectivity index (χ0n) is 18.2. The van der Waals surface area contributed by atoms with Crippen LogP contribution in [0.25, 0.3) is 0 Å². The van der Waals surface area contributed by atoms with Gasteiger partial charge in [0.1, 0.15) is 5.75 Å². The monoisotopic (exact) mass is 468 g/mol. The Kier molecular flexibility index (Phi) is 7.81. The van der Waals surface area contributed by atoms with Gasteiger partial charge in [0, 0.05) is 24.2 Å². The summed E-state index contributed by atoms with van der Waals surface area (Å²) in [7, 11) is -2.22. The lowest BCUT2D eigenvalue weighted by Gasteiger charge is -2.11. The Hall–Kier alpha value is -3.69. The average molecular weight is 469 g/mol. The zero-order valence-corrected chi connectivity index (χ0v) is 19.0. The minimum Gasteiger partial charge on any atom is -0.493 e. The van der Waals surface area contributed by atoms with Gasteiger partial charge in [-0.15, -0.1) is 0 Å². The summed E-state index contributed by atoms with van der Waals surface area (Å²) in [4.78, 5) is 23.5. The highest BCUT2D eigenvalue weighted by Gasteiger charge is 2.15. The first-order chi connectivity index (χ1) is 15.8. The van der Waals surface area contributed by atoms with Crippen LogP contribution in [0.4, 0.5) is 5.69 Å². The fourth-order valence-electron chi connectivity index (χ4n) is 2.91. The van der Waals surface area contributed by atoms with E-state index in [0.717, 1.165) is 0 Å². The molecule has 0 aliphatic carbocycles. The van der Waals surface area contributed by atoms with Crippen LogP contribution in [0.5, 0.6) is 17.2 Å². The van der Waals surface area contributed by atoms with Gasteiger partial charge in [-0.1, -0.05) is 24.3 Å². The molecule has 9 heteroatoms. The summed E-state index contributed by atoms with van der Waals surface area (Å²) in [5.74, 6) is 1.25. The highest BCUT2D eigenvalue weighted by molar-refractivity contribution is 7.89. The van der Waals surface area contributed by atoms with Gasteiger partial charge in [-0.25, -0.2) is 13.1 Å². The minimum absolute atomic E-state index is 0.0264. The molecule has 0 atom stereocenters. The Morgan fingerprint density at radius 2 is 1.52 bits per heavy atom. The number of anilines is 1.